The third kappa shape index (κ3) is 3.68. The Morgan fingerprint density at radius 2 is 2.11 bits per heavy atom. The molecular weight excluding hydrogens is 226 g/mol. The topological polar surface area (TPSA) is 37.3 Å². The summed E-state index contributed by atoms with van der Waals surface area (Å²) in [5.41, 5.74) is 3.05. The summed E-state index contributed by atoms with van der Waals surface area (Å²) < 4.78 is 2.06. The third-order valence-electron chi connectivity index (χ3n) is 3.46. The van der Waals surface area contributed by atoms with Gasteiger partial charge in [-0.25, -0.2) is 0 Å². The van der Waals surface area contributed by atoms with E-state index in [4.69, 9.17) is 0 Å². The van der Waals surface area contributed by atoms with Crippen molar-refractivity contribution in [1.82, 2.24) is 14.8 Å². The predicted molar refractivity (Wildman–Crippen MR) is 75.3 cm³/mol. The third-order valence-corrected chi connectivity index (χ3v) is 3.46. The van der Waals surface area contributed by atoms with E-state index < -0.39 is 0 Å². The van der Waals surface area contributed by atoms with Crippen LogP contribution in [-0.4, -0.2) is 49.0 Å². The van der Waals surface area contributed by atoms with Crippen molar-refractivity contribution < 1.29 is 4.79 Å². The minimum Gasteiger partial charge on any atom is -0.351 e. The van der Waals surface area contributed by atoms with Crippen LogP contribution in [0.1, 0.15) is 28.2 Å². The molecule has 0 radical (unpaired) electrons. The molecule has 4 heteroatoms. The number of hydrogen-bond donors (Lipinski definition) is 1. The SMILES string of the molecule is CNCCCN(C)CC(=O)c1cc(C)n(C)c1C. The molecule has 1 rings (SSSR count). The Bertz CT molecular complexity index is 409. The Morgan fingerprint density at radius 1 is 1.44 bits per heavy atom. The van der Waals surface area contributed by atoms with Crippen LogP contribution < -0.4 is 5.32 Å². The summed E-state index contributed by atoms with van der Waals surface area (Å²) in [5.74, 6) is 0.211. The van der Waals surface area contributed by atoms with E-state index in [9.17, 15) is 4.79 Å². The standard InChI is InChI=1S/C14H25N3O/c1-11-9-13(12(2)17(11)5)14(18)10-16(4)8-6-7-15-3/h9,15H,6-8,10H2,1-5H3. The molecule has 0 fully saturated rings. The number of nitrogens with one attached hydrogen (secondary N) is 1. The summed E-state index contributed by atoms with van der Waals surface area (Å²) in [4.78, 5) is 14.3. The van der Waals surface area contributed by atoms with Crippen molar-refractivity contribution in [3.05, 3.63) is 23.0 Å². The maximum absolute atomic E-state index is 12.2. The molecule has 0 unspecified atom stereocenters. The molecule has 0 aliphatic carbocycles. The lowest BCUT2D eigenvalue weighted by molar-refractivity contribution is 0.0945. The van der Waals surface area contributed by atoms with E-state index in [0.29, 0.717) is 6.54 Å². The zero-order valence-corrected chi connectivity index (χ0v) is 12.2. The van der Waals surface area contributed by atoms with Gasteiger partial charge in [-0.3, -0.25) is 9.69 Å². The fourth-order valence-corrected chi connectivity index (χ4v) is 2.07. The van der Waals surface area contributed by atoms with E-state index in [-0.39, 0.29) is 5.78 Å². The van der Waals surface area contributed by atoms with Gasteiger partial charge in [0.2, 0.25) is 0 Å². The number of nitrogens with zero attached hydrogens (tertiary/aromatic N) is 2. The Morgan fingerprint density at radius 3 is 2.61 bits per heavy atom. The van der Waals surface area contributed by atoms with Crippen molar-refractivity contribution in [1.29, 1.82) is 0 Å². The molecule has 1 heterocycles. The number of Topliss-reactive ketones (excluding diaryl/α,β-unsaturated/α-hetero) is 1. The Balaban J connectivity index is 2.57. The van der Waals surface area contributed by atoms with Gasteiger partial charge in [0.15, 0.2) is 5.78 Å². The molecule has 1 aromatic rings. The van der Waals surface area contributed by atoms with E-state index in [0.717, 1.165) is 36.5 Å². The molecule has 0 aromatic carbocycles. The lowest BCUT2D eigenvalue weighted by Gasteiger charge is -2.15. The number of hydrogen-bond acceptors (Lipinski definition) is 3. The summed E-state index contributed by atoms with van der Waals surface area (Å²) in [6.45, 7) is 6.45. The van der Waals surface area contributed by atoms with Gasteiger partial charge in [0, 0.05) is 24.0 Å². The summed E-state index contributed by atoms with van der Waals surface area (Å²) in [6.07, 6.45) is 1.06. The lowest BCUT2D eigenvalue weighted by atomic mass is 10.1. The van der Waals surface area contributed by atoms with Crippen molar-refractivity contribution in [2.45, 2.75) is 20.3 Å². The van der Waals surface area contributed by atoms with Gasteiger partial charge >= 0.3 is 0 Å². The summed E-state index contributed by atoms with van der Waals surface area (Å²) in [7, 11) is 5.94. The molecule has 4 nitrogen and oxygen atoms in total. The predicted octanol–water partition coefficient (Wildman–Crippen LogP) is 1.37. The molecular formula is C14H25N3O. The minimum absolute atomic E-state index is 0.211. The first kappa shape index (κ1) is 14.9. The quantitative estimate of drug-likeness (QED) is 0.587. The molecule has 1 aromatic heterocycles. The van der Waals surface area contributed by atoms with Crippen LogP contribution in [0, 0.1) is 13.8 Å². The molecule has 102 valence electrons. The highest BCUT2D eigenvalue weighted by Gasteiger charge is 2.15. The summed E-state index contributed by atoms with van der Waals surface area (Å²) >= 11 is 0. The van der Waals surface area contributed by atoms with Gasteiger partial charge in [-0.15, -0.1) is 0 Å². The minimum atomic E-state index is 0.211. The molecule has 0 bridgehead atoms. The Labute approximate surface area is 110 Å². The normalized spacial score (nSPS) is 11.2. The second kappa shape index (κ2) is 6.71. The largest absolute Gasteiger partial charge is 0.351 e. The van der Waals surface area contributed by atoms with E-state index in [1.54, 1.807) is 0 Å². The molecule has 0 atom stereocenters. The van der Waals surface area contributed by atoms with Crippen molar-refractivity contribution >= 4 is 5.78 Å². The van der Waals surface area contributed by atoms with Gasteiger partial charge < -0.3 is 9.88 Å². The molecule has 18 heavy (non-hydrogen) atoms. The zero-order valence-electron chi connectivity index (χ0n) is 12.2. The van der Waals surface area contributed by atoms with E-state index in [2.05, 4.69) is 14.8 Å². The van der Waals surface area contributed by atoms with Gasteiger partial charge in [-0.2, -0.15) is 0 Å². The highest BCUT2D eigenvalue weighted by atomic mass is 16.1. The smallest absolute Gasteiger partial charge is 0.178 e. The van der Waals surface area contributed by atoms with Crippen LogP contribution in [0.5, 0.6) is 0 Å². The highest BCUT2D eigenvalue weighted by Crippen LogP contribution is 2.14. The zero-order chi connectivity index (χ0) is 13.7. The fraction of sp³-hybridized carbons (Fsp3) is 0.643. The Kier molecular flexibility index (Phi) is 5.56. The molecule has 0 aliphatic rings. The average Bonchev–Trinajstić information content (AvgIpc) is 2.57. The molecule has 1 N–H and O–H groups in total. The van der Waals surface area contributed by atoms with E-state index >= 15 is 0 Å². The average molecular weight is 251 g/mol. The van der Waals surface area contributed by atoms with Gasteiger partial charge in [-0.1, -0.05) is 0 Å². The van der Waals surface area contributed by atoms with Crippen molar-refractivity contribution in [2.75, 3.05) is 33.7 Å². The maximum atomic E-state index is 12.2. The first-order valence-electron chi connectivity index (χ1n) is 6.46. The number of rotatable bonds is 7. The summed E-state index contributed by atoms with van der Waals surface area (Å²) in [5, 5.41) is 3.11. The number of ketones is 1. The second-order valence-corrected chi connectivity index (χ2v) is 4.96. The monoisotopic (exact) mass is 251 g/mol. The van der Waals surface area contributed by atoms with Crippen molar-refractivity contribution in [3.8, 4) is 0 Å². The molecule has 0 saturated heterocycles. The summed E-state index contributed by atoms with van der Waals surface area (Å²) in [6, 6.07) is 1.99. The molecule has 0 spiro atoms. The van der Waals surface area contributed by atoms with Crippen LogP contribution in [-0.2, 0) is 7.05 Å². The number of carbonyl (C=O) groups excluding carboxylic acids is 1. The fourth-order valence-electron chi connectivity index (χ4n) is 2.07. The first-order chi connectivity index (χ1) is 8.47. The van der Waals surface area contributed by atoms with Crippen LogP contribution in [0.2, 0.25) is 0 Å². The van der Waals surface area contributed by atoms with Gasteiger partial charge in [-0.05, 0) is 53.5 Å². The Hall–Kier alpha value is -1.13. The number of aryl methyl sites for hydroxylation is 1. The van der Waals surface area contributed by atoms with Crippen LogP contribution in [0.15, 0.2) is 6.07 Å². The van der Waals surface area contributed by atoms with Crippen LogP contribution in [0.25, 0.3) is 0 Å². The van der Waals surface area contributed by atoms with E-state index in [1.165, 1.54) is 0 Å². The molecule has 0 amide bonds. The van der Waals surface area contributed by atoms with Gasteiger partial charge in [0.25, 0.3) is 0 Å². The lowest BCUT2D eigenvalue weighted by Crippen LogP contribution is -2.28. The first-order valence-corrected chi connectivity index (χ1v) is 6.46. The number of aromatic nitrogens is 1. The van der Waals surface area contributed by atoms with E-state index in [1.807, 2.05) is 41.1 Å². The van der Waals surface area contributed by atoms with Gasteiger partial charge in [0.1, 0.15) is 0 Å². The highest BCUT2D eigenvalue weighted by molar-refractivity contribution is 5.98. The number of likely N-dealkylation sites (N-methyl/N-ethyl adjacent to an activating group) is 1. The second-order valence-electron chi connectivity index (χ2n) is 4.96. The number of carbonyl (C=O) groups is 1. The molecule has 0 saturated carbocycles. The van der Waals surface area contributed by atoms with Crippen LogP contribution in [0.4, 0.5) is 0 Å². The van der Waals surface area contributed by atoms with Crippen LogP contribution >= 0.6 is 0 Å². The van der Waals surface area contributed by atoms with Crippen LogP contribution in [0.3, 0.4) is 0 Å². The van der Waals surface area contributed by atoms with Crippen molar-refractivity contribution in [3.63, 3.8) is 0 Å². The van der Waals surface area contributed by atoms with Crippen molar-refractivity contribution in [2.24, 2.45) is 7.05 Å². The maximum Gasteiger partial charge on any atom is 0.178 e. The molecule has 0 aliphatic heterocycles. The van der Waals surface area contributed by atoms with Gasteiger partial charge in [0.05, 0.1) is 6.54 Å².